The fourth-order valence-corrected chi connectivity index (χ4v) is 3.61. The summed E-state index contributed by atoms with van der Waals surface area (Å²) in [6.07, 6.45) is 3.74. The van der Waals surface area contributed by atoms with Crippen LogP contribution in [-0.4, -0.2) is 10.7 Å². The van der Waals surface area contributed by atoms with E-state index in [9.17, 15) is 4.79 Å². The molecule has 0 amide bonds. The van der Waals surface area contributed by atoms with Gasteiger partial charge in [-0.25, -0.2) is 0 Å². The van der Waals surface area contributed by atoms with E-state index in [-0.39, 0.29) is 0 Å². The number of aryl methyl sites for hydroxylation is 2. The number of aromatic nitrogens is 1. The minimum atomic E-state index is 0.544. The second-order valence-electron chi connectivity index (χ2n) is 6.96. The zero-order valence-electron chi connectivity index (χ0n) is 16.2. The molecule has 0 unspecified atom stereocenters. The maximum Gasteiger partial charge on any atom is 0.167 e. The number of pyridine rings is 1. The van der Waals surface area contributed by atoms with Crippen molar-refractivity contribution in [1.29, 1.82) is 0 Å². The van der Waals surface area contributed by atoms with Crippen molar-refractivity contribution in [3.63, 3.8) is 0 Å². The van der Waals surface area contributed by atoms with Crippen LogP contribution in [0.5, 0.6) is 5.75 Å². The molecule has 0 fully saturated rings. The highest BCUT2D eigenvalue weighted by Gasteiger charge is 2.14. The second kappa shape index (κ2) is 7.73. The van der Waals surface area contributed by atoms with E-state index >= 15 is 0 Å². The summed E-state index contributed by atoms with van der Waals surface area (Å²) in [5.41, 5.74) is 7.15. The molecule has 0 atom stereocenters. The lowest BCUT2D eigenvalue weighted by Crippen LogP contribution is -1.99. The van der Waals surface area contributed by atoms with Gasteiger partial charge in [-0.15, -0.1) is 0 Å². The number of aldehydes is 1. The Morgan fingerprint density at radius 1 is 1.00 bits per heavy atom. The Hall–Kier alpha value is -3.33. The molecule has 140 valence electrons. The Bertz CT molecular complexity index is 1130. The monoisotopic (exact) mass is 369 g/mol. The molecule has 2 aromatic carbocycles. The Kier molecular flexibility index (Phi) is 4.98. The lowest BCUT2D eigenvalue weighted by molar-refractivity contribution is 0.111. The van der Waals surface area contributed by atoms with Crippen LogP contribution in [0.3, 0.4) is 0 Å². The first kappa shape index (κ1) is 18.1. The van der Waals surface area contributed by atoms with Gasteiger partial charge in [0, 0.05) is 17.3 Å². The van der Waals surface area contributed by atoms with E-state index in [1.165, 1.54) is 0 Å². The number of fused-ring (bicyclic) bond motifs is 1. The van der Waals surface area contributed by atoms with Crippen molar-refractivity contribution in [1.82, 2.24) is 4.40 Å². The minimum Gasteiger partial charge on any atom is -0.489 e. The number of hydrogen-bond acceptors (Lipinski definition) is 2. The highest BCUT2D eigenvalue weighted by molar-refractivity contribution is 5.90. The van der Waals surface area contributed by atoms with Crippen molar-refractivity contribution in [2.24, 2.45) is 0 Å². The van der Waals surface area contributed by atoms with E-state index in [0.29, 0.717) is 12.3 Å². The molecule has 4 rings (SSSR count). The first-order chi connectivity index (χ1) is 13.7. The fourth-order valence-electron chi connectivity index (χ4n) is 3.61. The Labute approximate surface area is 165 Å². The SMILES string of the molecule is CCc1cc(-c2cc3c(C)cccn3c2C=O)ccc1OCc1ccccc1. The van der Waals surface area contributed by atoms with E-state index in [0.717, 1.165) is 51.8 Å². The van der Waals surface area contributed by atoms with Gasteiger partial charge < -0.3 is 9.14 Å². The van der Waals surface area contributed by atoms with Gasteiger partial charge in [-0.05, 0) is 59.9 Å². The molecule has 2 aromatic heterocycles. The third-order valence-corrected chi connectivity index (χ3v) is 5.16. The van der Waals surface area contributed by atoms with Gasteiger partial charge in [-0.3, -0.25) is 4.79 Å². The highest BCUT2D eigenvalue weighted by Crippen LogP contribution is 2.32. The standard InChI is InChI=1S/C25H23NO2/c1-3-20-14-21(11-12-25(20)28-17-19-9-5-4-6-10-19)22-15-23-18(2)8-7-13-26(23)24(22)16-27/h4-16H,3,17H2,1-2H3. The van der Waals surface area contributed by atoms with E-state index in [4.69, 9.17) is 4.74 Å². The number of hydrogen-bond donors (Lipinski definition) is 0. The number of rotatable bonds is 6. The van der Waals surface area contributed by atoms with Crippen LogP contribution in [0, 0.1) is 6.92 Å². The van der Waals surface area contributed by atoms with Crippen LogP contribution in [0.15, 0.2) is 72.9 Å². The molecule has 28 heavy (non-hydrogen) atoms. The first-order valence-electron chi connectivity index (χ1n) is 9.57. The van der Waals surface area contributed by atoms with Gasteiger partial charge in [0.25, 0.3) is 0 Å². The lowest BCUT2D eigenvalue weighted by Gasteiger charge is -2.12. The third-order valence-electron chi connectivity index (χ3n) is 5.16. The summed E-state index contributed by atoms with van der Waals surface area (Å²) >= 11 is 0. The van der Waals surface area contributed by atoms with Crippen LogP contribution in [0.2, 0.25) is 0 Å². The maximum atomic E-state index is 11.8. The van der Waals surface area contributed by atoms with E-state index in [2.05, 4.69) is 44.2 Å². The van der Waals surface area contributed by atoms with Gasteiger partial charge in [0.1, 0.15) is 12.4 Å². The summed E-state index contributed by atoms with van der Waals surface area (Å²) in [5, 5.41) is 0. The molecule has 0 saturated carbocycles. The normalized spacial score (nSPS) is 10.9. The number of carbonyl (C=O) groups is 1. The molecule has 0 spiro atoms. The van der Waals surface area contributed by atoms with Gasteiger partial charge in [0.05, 0.1) is 5.69 Å². The number of carbonyl (C=O) groups excluding carboxylic acids is 1. The number of benzene rings is 2. The molecule has 2 heterocycles. The summed E-state index contributed by atoms with van der Waals surface area (Å²) in [6.45, 7) is 4.73. The Morgan fingerprint density at radius 3 is 2.57 bits per heavy atom. The van der Waals surface area contributed by atoms with Gasteiger partial charge in [0.15, 0.2) is 6.29 Å². The number of ether oxygens (including phenoxy) is 1. The van der Waals surface area contributed by atoms with E-state index in [1.807, 2.05) is 47.0 Å². The average Bonchev–Trinajstić information content (AvgIpc) is 3.13. The molecule has 4 aromatic rings. The molecule has 0 N–H and O–H groups in total. The number of nitrogens with zero attached hydrogens (tertiary/aromatic N) is 1. The summed E-state index contributed by atoms with van der Waals surface area (Å²) < 4.78 is 8.03. The maximum absolute atomic E-state index is 11.8. The van der Waals surface area contributed by atoms with Crippen molar-refractivity contribution >= 4 is 11.8 Å². The van der Waals surface area contributed by atoms with Gasteiger partial charge in [0.2, 0.25) is 0 Å². The van der Waals surface area contributed by atoms with Crippen molar-refractivity contribution in [3.05, 3.63) is 95.3 Å². The molecular weight excluding hydrogens is 346 g/mol. The molecule has 0 aliphatic rings. The van der Waals surface area contributed by atoms with Crippen molar-refractivity contribution in [3.8, 4) is 16.9 Å². The minimum absolute atomic E-state index is 0.544. The second-order valence-corrected chi connectivity index (χ2v) is 6.96. The largest absolute Gasteiger partial charge is 0.489 e. The predicted molar refractivity (Wildman–Crippen MR) is 113 cm³/mol. The lowest BCUT2D eigenvalue weighted by atomic mass is 10.0. The van der Waals surface area contributed by atoms with Crippen LogP contribution >= 0.6 is 0 Å². The molecule has 0 aliphatic heterocycles. The summed E-state index contributed by atoms with van der Waals surface area (Å²) in [6, 6.07) is 22.5. The zero-order valence-corrected chi connectivity index (χ0v) is 16.2. The van der Waals surface area contributed by atoms with Crippen molar-refractivity contribution < 1.29 is 9.53 Å². The fraction of sp³-hybridized carbons (Fsp3) is 0.160. The summed E-state index contributed by atoms with van der Waals surface area (Å²) in [5.74, 6) is 0.891. The van der Waals surface area contributed by atoms with Gasteiger partial charge in [-0.2, -0.15) is 0 Å². The molecule has 0 bridgehead atoms. The van der Waals surface area contributed by atoms with Gasteiger partial charge in [-0.1, -0.05) is 49.4 Å². The third kappa shape index (κ3) is 3.31. The molecule has 0 radical (unpaired) electrons. The van der Waals surface area contributed by atoms with Crippen molar-refractivity contribution in [2.45, 2.75) is 26.9 Å². The highest BCUT2D eigenvalue weighted by atomic mass is 16.5. The van der Waals surface area contributed by atoms with Crippen LogP contribution in [0.25, 0.3) is 16.6 Å². The molecular formula is C25H23NO2. The molecule has 3 nitrogen and oxygen atoms in total. The Morgan fingerprint density at radius 2 is 1.82 bits per heavy atom. The topological polar surface area (TPSA) is 30.7 Å². The first-order valence-corrected chi connectivity index (χ1v) is 9.57. The van der Waals surface area contributed by atoms with Crippen LogP contribution in [0.4, 0.5) is 0 Å². The van der Waals surface area contributed by atoms with Crippen LogP contribution in [0.1, 0.15) is 34.1 Å². The Balaban J connectivity index is 1.71. The molecule has 3 heteroatoms. The van der Waals surface area contributed by atoms with Crippen LogP contribution < -0.4 is 4.74 Å². The molecule has 0 aliphatic carbocycles. The van der Waals surface area contributed by atoms with Crippen LogP contribution in [-0.2, 0) is 13.0 Å². The predicted octanol–water partition coefficient (Wildman–Crippen LogP) is 5.87. The van der Waals surface area contributed by atoms with E-state index in [1.54, 1.807) is 0 Å². The van der Waals surface area contributed by atoms with E-state index < -0.39 is 0 Å². The van der Waals surface area contributed by atoms with Crippen molar-refractivity contribution in [2.75, 3.05) is 0 Å². The summed E-state index contributed by atoms with van der Waals surface area (Å²) in [7, 11) is 0. The average molecular weight is 369 g/mol. The smallest absolute Gasteiger partial charge is 0.167 e. The zero-order chi connectivity index (χ0) is 19.5. The quantitative estimate of drug-likeness (QED) is 0.398. The summed E-state index contributed by atoms with van der Waals surface area (Å²) in [4.78, 5) is 11.8. The molecule has 0 saturated heterocycles. The van der Waals surface area contributed by atoms with Gasteiger partial charge >= 0.3 is 0 Å².